The van der Waals surface area contributed by atoms with Gasteiger partial charge in [0.25, 0.3) is 5.69 Å². The smallest absolute Gasteiger partial charge is 0.295 e. The lowest BCUT2D eigenvalue weighted by Gasteiger charge is -2.08. The standard InChI is InChI=1S/C15H10N4O5/c20-8-15(22)12-7-16-10-5-13(18-3-1-9(21)2-4-18)14(19(23)24)6-11(10)17-12/h1-8,20,22H. The summed E-state index contributed by atoms with van der Waals surface area (Å²) in [4.78, 5) is 30.1. The first kappa shape index (κ1) is 15.2. The minimum atomic E-state index is -0.580. The van der Waals surface area contributed by atoms with Gasteiger partial charge >= 0.3 is 0 Å². The van der Waals surface area contributed by atoms with Crippen molar-refractivity contribution in [1.29, 1.82) is 0 Å². The summed E-state index contributed by atoms with van der Waals surface area (Å²) in [5, 5.41) is 29.6. The second kappa shape index (κ2) is 5.80. The highest BCUT2D eigenvalue weighted by Crippen LogP contribution is 2.27. The number of nitro groups is 1. The molecule has 0 saturated heterocycles. The first-order valence-electron chi connectivity index (χ1n) is 6.67. The van der Waals surface area contributed by atoms with E-state index in [1.54, 1.807) is 0 Å². The fourth-order valence-electron chi connectivity index (χ4n) is 2.15. The van der Waals surface area contributed by atoms with Gasteiger partial charge in [-0.1, -0.05) is 0 Å². The largest absolute Gasteiger partial charge is 0.512 e. The van der Waals surface area contributed by atoms with Gasteiger partial charge in [0, 0.05) is 30.6 Å². The highest BCUT2D eigenvalue weighted by molar-refractivity contribution is 5.82. The van der Waals surface area contributed by atoms with Gasteiger partial charge in [0.1, 0.15) is 17.6 Å². The molecule has 0 aliphatic carbocycles. The lowest BCUT2D eigenvalue weighted by molar-refractivity contribution is -0.384. The maximum Gasteiger partial charge on any atom is 0.295 e. The quantitative estimate of drug-likeness (QED) is 0.428. The molecule has 0 amide bonds. The summed E-state index contributed by atoms with van der Waals surface area (Å²) in [6, 6.07) is 5.23. The van der Waals surface area contributed by atoms with Crippen LogP contribution in [0.3, 0.4) is 0 Å². The third kappa shape index (κ3) is 2.65. The van der Waals surface area contributed by atoms with E-state index >= 15 is 0 Å². The van der Waals surface area contributed by atoms with Crippen LogP contribution in [0.5, 0.6) is 0 Å². The summed E-state index contributed by atoms with van der Waals surface area (Å²) < 4.78 is 1.43. The molecule has 0 aliphatic rings. The van der Waals surface area contributed by atoms with Crippen LogP contribution >= 0.6 is 0 Å². The molecule has 0 radical (unpaired) electrons. The Balaban J connectivity index is 2.26. The van der Waals surface area contributed by atoms with Crippen molar-refractivity contribution in [2.24, 2.45) is 0 Å². The molecule has 3 rings (SSSR count). The molecular formula is C15H10N4O5. The van der Waals surface area contributed by atoms with E-state index in [9.17, 15) is 20.0 Å². The van der Waals surface area contributed by atoms with Crippen molar-refractivity contribution < 1.29 is 15.1 Å². The third-order valence-corrected chi connectivity index (χ3v) is 3.30. The van der Waals surface area contributed by atoms with Gasteiger partial charge in [-0.25, -0.2) is 4.98 Å². The SMILES string of the molecule is O=c1ccn(-c2cc3ncc(C(O)=CO)nc3cc2[N+](=O)[O-])cc1. The van der Waals surface area contributed by atoms with Crippen LogP contribution in [0.4, 0.5) is 5.69 Å². The Hall–Kier alpha value is -3.75. The van der Waals surface area contributed by atoms with Crippen LogP contribution in [-0.4, -0.2) is 29.7 Å². The molecule has 0 atom stereocenters. The maximum atomic E-state index is 11.4. The molecule has 2 heterocycles. The molecule has 0 saturated carbocycles. The van der Waals surface area contributed by atoms with Gasteiger partial charge in [0.15, 0.2) is 11.2 Å². The minimum Gasteiger partial charge on any atom is -0.512 e. The van der Waals surface area contributed by atoms with Crippen molar-refractivity contribution in [2.75, 3.05) is 0 Å². The number of hydrogen-bond acceptors (Lipinski definition) is 7. The van der Waals surface area contributed by atoms with Crippen LogP contribution < -0.4 is 5.43 Å². The molecule has 0 unspecified atom stereocenters. The molecule has 2 aromatic heterocycles. The number of aliphatic hydroxyl groups excluding tert-OH is 2. The highest BCUT2D eigenvalue weighted by Gasteiger charge is 2.18. The topological polar surface area (TPSA) is 131 Å². The fourth-order valence-corrected chi connectivity index (χ4v) is 2.15. The number of fused-ring (bicyclic) bond motifs is 1. The maximum absolute atomic E-state index is 11.4. The monoisotopic (exact) mass is 326 g/mol. The number of rotatable bonds is 3. The van der Waals surface area contributed by atoms with Crippen molar-refractivity contribution in [3.63, 3.8) is 0 Å². The summed E-state index contributed by atoms with van der Waals surface area (Å²) in [6.07, 6.45) is 4.52. The first-order chi connectivity index (χ1) is 11.5. The van der Waals surface area contributed by atoms with Gasteiger partial charge in [0.05, 0.1) is 22.2 Å². The number of hydrogen-bond donors (Lipinski definition) is 2. The second-order valence-corrected chi connectivity index (χ2v) is 4.80. The van der Waals surface area contributed by atoms with Crippen LogP contribution in [0.25, 0.3) is 22.5 Å². The molecule has 120 valence electrons. The summed E-state index contributed by atoms with van der Waals surface area (Å²) in [5.41, 5.74) is 0.267. The van der Waals surface area contributed by atoms with Crippen molar-refractivity contribution >= 4 is 22.5 Å². The molecule has 0 spiro atoms. The van der Waals surface area contributed by atoms with E-state index < -0.39 is 10.7 Å². The summed E-state index contributed by atoms with van der Waals surface area (Å²) in [5.74, 6) is -0.503. The molecule has 0 fully saturated rings. The van der Waals surface area contributed by atoms with E-state index in [0.29, 0.717) is 11.8 Å². The lowest BCUT2D eigenvalue weighted by atomic mass is 10.2. The lowest BCUT2D eigenvalue weighted by Crippen LogP contribution is -2.05. The Morgan fingerprint density at radius 1 is 1.25 bits per heavy atom. The minimum absolute atomic E-state index is 0.0181. The summed E-state index contributed by atoms with van der Waals surface area (Å²) in [6.45, 7) is 0. The Labute approximate surface area is 133 Å². The molecule has 2 N–H and O–H groups in total. The Morgan fingerprint density at radius 3 is 2.58 bits per heavy atom. The van der Waals surface area contributed by atoms with E-state index in [2.05, 4.69) is 9.97 Å². The Kier molecular flexibility index (Phi) is 3.66. The van der Waals surface area contributed by atoms with Crippen LogP contribution in [0.1, 0.15) is 5.69 Å². The molecule has 9 nitrogen and oxygen atoms in total. The van der Waals surface area contributed by atoms with Gasteiger partial charge in [-0.15, -0.1) is 0 Å². The van der Waals surface area contributed by atoms with Gasteiger partial charge < -0.3 is 14.8 Å². The summed E-state index contributed by atoms with van der Waals surface area (Å²) >= 11 is 0. The van der Waals surface area contributed by atoms with E-state index in [1.165, 1.54) is 47.4 Å². The molecular weight excluding hydrogens is 316 g/mol. The van der Waals surface area contributed by atoms with Gasteiger partial charge in [-0.05, 0) is 6.07 Å². The second-order valence-electron chi connectivity index (χ2n) is 4.80. The number of nitro benzene ring substituents is 1. The van der Waals surface area contributed by atoms with E-state index in [0.717, 1.165) is 0 Å². The van der Waals surface area contributed by atoms with Crippen molar-refractivity contribution in [1.82, 2.24) is 14.5 Å². The fraction of sp³-hybridized carbons (Fsp3) is 0. The molecule has 0 bridgehead atoms. The Morgan fingerprint density at radius 2 is 1.96 bits per heavy atom. The molecule has 3 aromatic rings. The molecule has 24 heavy (non-hydrogen) atoms. The van der Waals surface area contributed by atoms with Gasteiger partial charge in [0.2, 0.25) is 0 Å². The number of benzene rings is 1. The van der Waals surface area contributed by atoms with Crippen molar-refractivity contribution in [3.8, 4) is 5.69 Å². The zero-order valence-electron chi connectivity index (χ0n) is 12.0. The number of aromatic nitrogens is 3. The van der Waals surface area contributed by atoms with Gasteiger partial charge in [-0.2, -0.15) is 0 Å². The Bertz CT molecular complexity index is 1020. The van der Waals surface area contributed by atoms with E-state index in [1.807, 2.05) is 0 Å². The summed E-state index contributed by atoms with van der Waals surface area (Å²) in [7, 11) is 0. The molecule has 1 aromatic carbocycles. The van der Waals surface area contributed by atoms with Crippen molar-refractivity contribution in [2.45, 2.75) is 0 Å². The predicted molar refractivity (Wildman–Crippen MR) is 85.0 cm³/mol. The zero-order chi connectivity index (χ0) is 17.3. The van der Waals surface area contributed by atoms with Gasteiger partial charge in [-0.3, -0.25) is 19.9 Å². The predicted octanol–water partition coefficient (Wildman–Crippen LogP) is 2.10. The van der Waals surface area contributed by atoms with Crippen molar-refractivity contribution in [3.05, 3.63) is 75.1 Å². The van der Waals surface area contributed by atoms with Crippen LogP contribution in [-0.2, 0) is 0 Å². The molecule has 9 heteroatoms. The normalized spacial score (nSPS) is 11.6. The van der Waals surface area contributed by atoms with E-state index in [4.69, 9.17) is 5.11 Å². The molecule has 0 aliphatic heterocycles. The first-order valence-corrected chi connectivity index (χ1v) is 6.67. The van der Waals surface area contributed by atoms with E-state index in [-0.39, 0.29) is 28.0 Å². The number of aliphatic hydroxyl groups is 2. The average molecular weight is 326 g/mol. The van der Waals surface area contributed by atoms with Crippen LogP contribution in [0.2, 0.25) is 0 Å². The van der Waals surface area contributed by atoms with Crippen LogP contribution in [0, 0.1) is 10.1 Å². The third-order valence-electron chi connectivity index (χ3n) is 3.30. The average Bonchev–Trinajstić information content (AvgIpc) is 2.60. The number of pyridine rings is 1. The zero-order valence-corrected chi connectivity index (χ0v) is 12.0. The van der Waals surface area contributed by atoms with Crippen LogP contribution in [0.15, 0.2) is 53.9 Å². The number of nitrogens with zero attached hydrogens (tertiary/aromatic N) is 4. The highest BCUT2D eigenvalue weighted by atomic mass is 16.6.